The predicted octanol–water partition coefficient (Wildman–Crippen LogP) is 4.18. The van der Waals surface area contributed by atoms with Gasteiger partial charge < -0.3 is 0 Å². The van der Waals surface area contributed by atoms with Crippen molar-refractivity contribution in [2.45, 2.75) is 4.90 Å². The highest BCUT2D eigenvalue weighted by Gasteiger charge is 2.20. The van der Waals surface area contributed by atoms with E-state index in [1.165, 1.54) is 24.3 Å². The lowest BCUT2D eigenvalue weighted by atomic mass is 10.1. The van der Waals surface area contributed by atoms with Crippen LogP contribution in [0.5, 0.6) is 0 Å². The van der Waals surface area contributed by atoms with Crippen molar-refractivity contribution in [1.29, 1.82) is 0 Å². The molecule has 0 bridgehead atoms. The van der Waals surface area contributed by atoms with Crippen LogP contribution in [0.15, 0.2) is 77.7 Å². The lowest BCUT2D eigenvalue weighted by molar-refractivity contribution is 0.601. The summed E-state index contributed by atoms with van der Waals surface area (Å²) in [6.45, 7) is 0. The van der Waals surface area contributed by atoms with Crippen LogP contribution in [-0.2, 0) is 20.0 Å². The van der Waals surface area contributed by atoms with Gasteiger partial charge in [-0.1, -0.05) is 60.1 Å². The Bertz CT molecular complexity index is 1210. The second-order valence-corrected chi connectivity index (χ2v) is 9.84. The Hall–Kier alpha value is -2.55. The maximum atomic E-state index is 13.0. The number of hydrogen-bond donors (Lipinski definition) is 2. The monoisotopic (exact) mass is 436 g/mol. The van der Waals surface area contributed by atoms with Gasteiger partial charge in [0.25, 0.3) is 10.0 Å². The Morgan fingerprint density at radius 3 is 2.11 bits per heavy atom. The third-order valence-electron chi connectivity index (χ3n) is 3.78. The van der Waals surface area contributed by atoms with Gasteiger partial charge in [0.05, 0.1) is 27.5 Å². The molecule has 0 aliphatic carbocycles. The molecule has 0 atom stereocenters. The Kier molecular flexibility index (Phi) is 5.64. The molecular weight excluding hydrogens is 420 g/mol. The molecule has 0 heterocycles. The van der Waals surface area contributed by atoms with Crippen molar-refractivity contribution in [3.63, 3.8) is 0 Å². The first-order chi connectivity index (χ1) is 13.2. The number of anilines is 2. The molecule has 6 nitrogen and oxygen atoms in total. The molecule has 0 aliphatic heterocycles. The molecule has 28 heavy (non-hydrogen) atoms. The fourth-order valence-electron chi connectivity index (χ4n) is 2.64. The van der Waals surface area contributed by atoms with Gasteiger partial charge in [-0.05, 0) is 29.8 Å². The van der Waals surface area contributed by atoms with E-state index < -0.39 is 20.0 Å². The SMILES string of the molecule is CS(=O)(=O)Nc1ccc(Cl)c(NS(=O)(=O)c2ccccc2-c2ccccc2)c1. The van der Waals surface area contributed by atoms with Crippen molar-refractivity contribution in [1.82, 2.24) is 0 Å². The third kappa shape index (κ3) is 4.83. The summed E-state index contributed by atoms with van der Waals surface area (Å²) in [6.07, 6.45) is 1.00. The zero-order valence-electron chi connectivity index (χ0n) is 14.8. The molecule has 9 heteroatoms. The van der Waals surface area contributed by atoms with Crippen molar-refractivity contribution < 1.29 is 16.8 Å². The molecule has 0 amide bonds. The number of hydrogen-bond acceptors (Lipinski definition) is 4. The Labute approximate surface area is 169 Å². The minimum absolute atomic E-state index is 0.0678. The van der Waals surface area contributed by atoms with Gasteiger partial charge in [0.2, 0.25) is 10.0 Å². The van der Waals surface area contributed by atoms with Gasteiger partial charge in [-0.15, -0.1) is 0 Å². The molecule has 0 saturated heterocycles. The summed E-state index contributed by atoms with van der Waals surface area (Å²) in [5.41, 5.74) is 1.55. The minimum atomic E-state index is -3.99. The van der Waals surface area contributed by atoms with Crippen LogP contribution in [-0.4, -0.2) is 23.1 Å². The second-order valence-electron chi connectivity index (χ2n) is 6.04. The van der Waals surface area contributed by atoms with Crippen molar-refractivity contribution in [2.75, 3.05) is 15.7 Å². The predicted molar refractivity (Wildman–Crippen MR) is 113 cm³/mol. The van der Waals surface area contributed by atoms with Crippen LogP contribution >= 0.6 is 11.6 Å². The molecule has 2 N–H and O–H groups in total. The van der Waals surface area contributed by atoms with Crippen LogP contribution in [0, 0.1) is 0 Å². The van der Waals surface area contributed by atoms with Crippen molar-refractivity contribution >= 4 is 43.0 Å². The Morgan fingerprint density at radius 2 is 1.43 bits per heavy atom. The van der Waals surface area contributed by atoms with E-state index in [4.69, 9.17) is 11.6 Å². The summed E-state index contributed by atoms with van der Waals surface area (Å²) >= 11 is 6.11. The molecule has 3 aromatic carbocycles. The van der Waals surface area contributed by atoms with Crippen LogP contribution in [0.25, 0.3) is 11.1 Å². The van der Waals surface area contributed by atoms with Crippen LogP contribution in [0.2, 0.25) is 5.02 Å². The van der Waals surface area contributed by atoms with Crippen LogP contribution < -0.4 is 9.44 Å². The number of rotatable bonds is 6. The average molecular weight is 437 g/mol. The van der Waals surface area contributed by atoms with Gasteiger partial charge in [-0.25, -0.2) is 16.8 Å². The molecule has 0 unspecified atom stereocenters. The minimum Gasteiger partial charge on any atom is -0.284 e. The molecule has 0 spiro atoms. The molecule has 0 aromatic heterocycles. The van der Waals surface area contributed by atoms with Gasteiger partial charge in [-0.3, -0.25) is 9.44 Å². The molecule has 0 radical (unpaired) electrons. The molecule has 3 rings (SSSR count). The molecule has 146 valence electrons. The second kappa shape index (κ2) is 7.83. The molecule has 3 aromatic rings. The normalized spacial score (nSPS) is 11.8. The van der Waals surface area contributed by atoms with E-state index in [9.17, 15) is 16.8 Å². The number of nitrogens with one attached hydrogen (secondary N) is 2. The van der Waals surface area contributed by atoms with Crippen LogP contribution in [0.4, 0.5) is 11.4 Å². The highest BCUT2D eigenvalue weighted by molar-refractivity contribution is 7.93. The fraction of sp³-hybridized carbons (Fsp3) is 0.0526. The summed E-state index contributed by atoms with van der Waals surface area (Å²) in [4.78, 5) is 0.0822. The Balaban J connectivity index is 2.01. The van der Waals surface area contributed by atoms with Gasteiger partial charge >= 0.3 is 0 Å². The van der Waals surface area contributed by atoms with Gasteiger partial charge in [0.15, 0.2) is 0 Å². The lowest BCUT2D eigenvalue weighted by Crippen LogP contribution is -2.15. The molecule has 0 aliphatic rings. The highest BCUT2D eigenvalue weighted by Crippen LogP contribution is 2.32. The smallest absolute Gasteiger partial charge is 0.262 e. The molecule has 0 saturated carbocycles. The Morgan fingerprint density at radius 1 is 0.786 bits per heavy atom. The topological polar surface area (TPSA) is 92.3 Å². The molecular formula is C19H17ClN2O4S2. The van der Waals surface area contributed by atoms with Gasteiger partial charge in [0, 0.05) is 5.56 Å². The van der Waals surface area contributed by atoms with Gasteiger partial charge in [-0.2, -0.15) is 0 Å². The summed E-state index contributed by atoms with van der Waals surface area (Å²) in [6, 6.07) is 19.9. The first kappa shape index (κ1) is 20.2. The van der Waals surface area contributed by atoms with Gasteiger partial charge in [0.1, 0.15) is 0 Å². The van der Waals surface area contributed by atoms with E-state index in [-0.39, 0.29) is 21.3 Å². The van der Waals surface area contributed by atoms with Crippen molar-refractivity contribution in [2.24, 2.45) is 0 Å². The summed E-state index contributed by atoms with van der Waals surface area (Å²) in [5.74, 6) is 0. The average Bonchev–Trinajstić information content (AvgIpc) is 2.64. The van der Waals surface area contributed by atoms with E-state index in [0.29, 0.717) is 5.56 Å². The third-order valence-corrected chi connectivity index (χ3v) is 6.14. The summed E-state index contributed by atoms with van der Waals surface area (Å²) < 4.78 is 53.7. The standard InChI is InChI=1S/C19H17ClN2O4S2/c1-27(23,24)21-15-11-12-17(20)18(13-15)22-28(25,26)19-10-6-5-9-16(19)14-7-3-2-4-8-14/h2-13,21-22H,1H3. The zero-order chi connectivity index (χ0) is 20.4. The van der Waals surface area contributed by atoms with Crippen molar-refractivity contribution in [3.05, 3.63) is 77.8 Å². The largest absolute Gasteiger partial charge is 0.284 e. The van der Waals surface area contributed by atoms with E-state index in [1.807, 2.05) is 30.3 Å². The van der Waals surface area contributed by atoms with E-state index in [2.05, 4.69) is 9.44 Å². The lowest BCUT2D eigenvalue weighted by Gasteiger charge is -2.14. The van der Waals surface area contributed by atoms with Crippen molar-refractivity contribution in [3.8, 4) is 11.1 Å². The quantitative estimate of drug-likeness (QED) is 0.606. The summed E-state index contributed by atoms with van der Waals surface area (Å²) in [5, 5.41) is 0.139. The summed E-state index contributed by atoms with van der Waals surface area (Å²) in [7, 11) is -7.50. The number of benzene rings is 3. The number of sulfonamides is 2. The first-order valence-corrected chi connectivity index (χ1v) is 11.9. The zero-order valence-corrected chi connectivity index (χ0v) is 17.1. The van der Waals surface area contributed by atoms with E-state index in [1.54, 1.807) is 18.2 Å². The number of halogens is 1. The van der Waals surface area contributed by atoms with E-state index >= 15 is 0 Å². The van der Waals surface area contributed by atoms with E-state index in [0.717, 1.165) is 11.8 Å². The van der Waals surface area contributed by atoms with Crippen LogP contribution in [0.1, 0.15) is 0 Å². The first-order valence-electron chi connectivity index (χ1n) is 8.10. The fourth-order valence-corrected chi connectivity index (χ4v) is 4.72. The molecule has 0 fully saturated rings. The maximum absolute atomic E-state index is 13.0. The maximum Gasteiger partial charge on any atom is 0.262 e. The highest BCUT2D eigenvalue weighted by atomic mass is 35.5. The van der Waals surface area contributed by atoms with Crippen LogP contribution in [0.3, 0.4) is 0 Å².